The molecule has 0 unspecified atom stereocenters. The number of hydrogen-bond acceptors (Lipinski definition) is 4. The summed E-state index contributed by atoms with van der Waals surface area (Å²) >= 11 is 0. The maximum absolute atomic E-state index is 12.5. The molecule has 0 N–H and O–H groups in total. The lowest BCUT2D eigenvalue weighted by atomic mass is 9.96. The number of fused-ring (bicyclic) bond motifs is 1. The number of rotatable bonds is 7. The molecule has 0 radical (unpaired) electrons. The summed E-state index contributed by atoms with van der Waals surface area (Å²) in [5.74, 6) is -0.761. The Hall–Kier alpha value is -3.28. The van der Waals surface area contributed by atoms with Gasteiger partial charge in [0.1, 0.15) is 0 Å². The van der Waals surface area contributed by atoms with Gasteiger partial charge in [-0.1, -0.05) is 72.8 Å². The third-order valence-electron chi connectivity index (χ3n) is 7.05. The highest BCUT2D eigenvalue weighted by Gasteiger charge is 2.36. The summed E-state index contributed by atoms with van der Waals surface area (Å²) in [6.07, 6.45) is 0.855. The van der Waals surface area contributed by atoms with Gasteiger partial charge in [-0.2, -0.15) is 0 Å². The van der Waals surface area contributed by atoms with Gasteiger partial charge in [0.2, 0.25) is 0 Å². The van der Waals surface area contributed by atoms with Crippen molar-refractivity contribution in [1.29, 1.82) is 0 Å². The molecule has 3 aromatic carbocycles. The lowest BCUT2D eigenvalue weighted by molar-refractivity contribution is -0.114. The fraction of sp³-hybridized carbons (Fsp3) is 0.310. The van der Waals surface area contributed by atoms with Crippen LogP contribution in [-0.4, -0.2) is 60.8 Å². The molecule has 3 aromatic rings. The van der Waals surface area contributed by atoms with E-state index in [1.54, 1.807) is 11.0 Å². The van der Waals surface area contributed by atoms with Gasteiger partial charge >= 0.3 is 0 Å². The number of aryl methyl sites for hydroxylation is 1. The Labute approximate surface area is 201 Å². The number of piperazine rings is 1. The number of benzene rings is 3. The number of carbonyl (C=O) groups is 2. The average molecular weight is 454 g/mol. The predicted molar refractivity (Wildman–Crippen MR) is 135 cm³/mol. The number of nitrogens with zero attached hydrogens (tertiary/aromatic N) is 3. The van der Waals surface area contributed by atoms with Gasteiger partial charge in [0.25, 0.3) is 11.7 Å². The number of para-hydroxylation sites is 1. The second-order valence-corrected chi connectivity index (χ2v) is 9.21. The maximum atomic E-state index is 12.5. The Morgan fingerprint density at radius 1 is 0.735 bits per heavy atom. The number of ketones is 1. The second kappa shape index (κ2) is 9.92. The van der Waals surface area contributed by atoms with Crippen LogP contribution in [0.25, 0.3) is 0 Å². The average Bonchev–Trinajstić information content (AvgIpc) is 3.12. The van der Waals surface area contributed by atoms with E-state index in [9.17, 15) is 9.59 Å². The first-order valence-corrected chi connectivity index (χ1v) is 12.2. The van der Waals surface area contributed by atoms with Crippen LogP contribution in [0.2, 0.25) is 0 Å². The first-order chi connectivity index (χ1) is 16.6. The van der Waals surface area contributed by atoms with Crippen molar-refractivity contribution in [3.05, 3.63) is 101 Å². The number of Topliss-reactive ketones (excluding diaryl/α,β-unsaturated/α-hetero) is 1. The summed E-state index contributed by atoms with van der Waals surface area (Å²) in [4.78, 5) is 31.6. The summed E-state index contributed by atoms with van der Waals surface area (Å²) in [6.45, 7) is 7.47. The van der Waals surface area contributed by atoms with Crippen LogP contribution in [0, 0.1) is 6.92 Å². The molecule has 0 saturated carbocycles. The smallest absolute Gasteiger partial charge is 0.299 e. The van der Waals surface area contributed by atoms with E-state index in [1.807, 2.05) is 19.1 Å². The lowest BCUT2D eigenvalue weighted by Crippen LogP contribution is -2.48. The molecule has 0 aliphatic carbocycles. The highest BCUT2D eigenvalue weighted by atomic mass is 16.2. The highest BCUT2D eigenvalue weighted by Crippen LogP contribution is 2.32. The Kier molecular flexibility index (Phi) is 6.57. The van der Waals surface area contributed by atoms with Crippen molar-refractivity contribution in [2.45, 2.75) is 19.4 Å². The molecule has 5 rings (SSSR count). The second-order valence-electron chi connectivity index (χ2n) is 9.21. The number of amides is 1. The van der Waals surface area contributed by atoms with Crippen LogP contribution in [0.4, 0.5) is 5.69 Å². The monoisotopic (exact) mass is 453 g/mol. The molecule has 0 bridgehead atoms. The predicted octanol–water partition coefficient (Wildman–Crippen LogP) is 4.32. The third kappa shape index (κ3) is 4.41. The quantitative estimate of drug-likeness (QED) is 0.500. The molecule has 174 valence electrons. The van der Waals surface area contributed by atoms with E-state index >= 15 is 0 Å². The zero-order chi connectivity index (χ0) is 23.5. The molecule has 5 heteroatoms. The zero-order valence-corrected chi connectivity index (χ0v) is 19.7. The fourth-order valence-corrected chi connectivity index (χ4v) is 5.34. The first kappa shape index (κ1) is 22.5. The first-order valence-electron chi connectivity index (χ1n) is 12.2. The van der Waals surface area contributed by atoms with E-state index in [1.165, 1.54) is 11.1 Å². The van der Waals surface area contributed by atoms with Crippen molar-refractivity contribution >= 4 is 17.4 Å². The van der Waals surface area contributed by atoms with E-state index in [-0.39, 0.29) is 17.7 Å². The van der Waals surface area contributed by atoms with Gasteiger partial charge in [-0.3, -0.25) is 14.5 Å². The molecule has 1 amide bonds. The molecule has 5 nitrogen and oxygen atoms in total. The van der Waals surface area contributed by atoms with Gasteiger partial charge in [0.15, 0.2) is 0 Å². The summed E-state index contributed by atoms with van der Waals surface area (Å²) in [5.41, 5.74) is 4.99. The van der Waals surface area contributed by atoms with Crippen LogP contribution in [0.15, 0.2) is 78.9 Å². The van der Waals surface area contributed by atoms with Crippen LogP contribution >= 0.6 is 0 Å². The minimum absolute atomic E-state index is 0.261. The Bertz CT molecular complexity index is 1120. The Morgan fingerprint density at radius 2 is 1.35 bits per heavy atom. The SMILES string of the molecule is Cc1cccc2c1N(CCCN1CCN(C(c3ccccc3)c3ccccc3)CC1)C(=O)C2=O. The third-order valence-corrected chi connectivity index (χ3v) is 7.05. The van der Waals surface area contributed by atoms with Crippen molar-refractivity contribution in [2.24, 2.45) is 0 Å². The molecule has 2 heterocycles. The van der Waals surface area contributed by atoms with Gasteiger partial charge in [-0.05, 0) is 42.6 Å². The molecule has 0 aromatic heterocycles. The molecular weight excluding hydrogens is 422 g/mol. The Morgan fingerprint density at radius 3 is 1.97 bits per heavy atom. The van der Waals surface area contributed by atoms with Gasteiger partial charge in [-0.25, -0.2) is 0 Å². The van der Waals surface area contributed by atoms with Crippen LogP contribution in [-0.2, 0) is 4.79 Å². The summed E-state index contributed by atoms with van der Waals surface area (Å²) in [5, 5.41) is 0. The van der Waals surface area contributed by atoms with Crippen LogP contribution in [0.1, 0.15) is 39.5 Å². The maximum Gasteiger partial charge on any atom is 0.299 e. The Balaban J connectivity index is 1.19. The molecule has 2 aliphatic heterocycles. The molecular formula is C29H31N3O2. The highest BCUT2D eigenvalue weighted by molar-refractivity contribution is 6.52. The lowest BCUT2D eigenvalue weighted by Gasteiger charge is -2.40. The van der Waals surface area contributed by atoms with E-state index in [0.717, 1.165) is 50.4 Å². The van der Waals surface area contributed by atoms with Crippen molar-refractivity contribution in [1.82, 2.24) is 9.80 Å². The summed E-state index contributed by atoms with van der Waals surface area (Å²) in [6, 6.07) is 27.3. The van der Waals surface area contributed by atoms with Crippen LogP contribution in [0.5, 0.6) is 0 Å². The van der Waals surface area contributed by atoms with Crippen LogP contribution in [0.3, 0.4) is 0 Å². The topological polar surface area (TPSA) is 43.9 Å². The number of hydrogen-bond donors (Lipinski definition) is 0. The van der Waals surface area contributed by atoms with Gasteiger partial charge in [0, 0.05) is 32.7 Å². The largest absolute Gasteiger partial charge is 0.304 e. The summed E-state index contributed by atoms with van der Waals surface area (Å²) in [7, 11) is 0. The van der Waals surface area contributed by atoms with Crippen LogP contribution < -0.4 is 4.90 Å². The minimum Gasteiger partial charge on any atom is -0.304 e. The van der Waals surface area contributed by atoms with Crippen molar-refractivity contribution in [3.8, 4) is 0 Å². The van der Waals surface area contributed by atoms with E-state index in [2.05, 4.69) is 70.5 Å². The summed E-state index contributed by atoms with van der Waals surface area (Å²) < 4.78 is 0. The molecule has 1 fully saturated rings. The normalized spacial score (nSPS) is 16.9. The van der Waals surface area contributed by atoms with Crippen molar-refractivity contribution in [3.63, 3.8) is 0 Å². The standard InChI is InChI=1S/C29H31N3O2/c1-22-10-8-15-25-26(22)32(29(34)28(25)33)17-9-16-30-18-20-31(21-19-30)27(23-11-4-2-5-12-23)24-13-6-3-7-14-24/h2-8,10-15,27H,9,16-21H2,1H3. The molecule has 1 saturated heterocycles. The number of carbonyl (C=O) groups excluding carboxylic acids is 2. The van der Waals surface area contributed by atoms with Gasteiger partial charge < -0.3 is 9.80 Å². The minimum atomic E-state index is -0.386. The van der Waals surface area contributed by atoms with E-state index in [4.69, 9.17) is 0 Å². The van der Waals surface area contributed by atoms with Crippen molar-refractivity contribution in [2.75, 3.05) is 44.2 Å². The van der Waals surface area contributed by atoms with Gasteiger partial charge in [0.05, 0.1) is 17.3 Å². The molecule has 2 aliphatic rings. The molecule has 34 heavy (non-hydrogen) atoms. The van der Waals surface area contributed by atoms with Gasteiger partial charge in [-0.15, -0.1) is 0 Å². The van der Waals surface area contributed by atoms with Crippen molar-refractivity contribution < 1.29 is 9.59 Å². The molecule has 0 atom stereocenters. The van der Waals surface area contributed by atoms with E-state index < -0.39 is 0 Å². The fourth-order valence-electron chi connectivity index (χ4n) is 5.34. The number of anilines is 1. The zero-order valence-electron chi connectivity index (χ0n) is 19.7. The van der Waals surface area contributed by atoms with E-state index in [0.29, 0.717) is 12.1 Å². The molecule has 0 spiro atoms.